The molecule has 0 spiro atoms. The van der Waals surface area contributed by atoms with E-state index in [9.17, 15) is 0 Å². The van der Waals surface area contributed by atoms with E-state index in [1.54, 1.807) is 6.07 Å². The van der Waals surface area contributed by atoms with Gasteiger partial charge in [0.05, 0.1) is 0 Å². The zero-order valence-corrected chi connectivity index (χ0v) is 12.5. The molecule has 2 nitrogen and oxygen atoms in total. The van der Waals surface area contributed by atoms with Gasteiger partial charge in [-0.1, -0.05) is 29.3 Å². The van der Waals surface area contributed by atoms with Crippen LogP contribution in [0.25, 0.3) is 10.9 Å². The van der Waals surface area contributed by atoms with E-state index in [-0.39, 0.29) is 6.04 Å². The summed E-state index contributed by atoms with van der Waals surface area (Å²) in [6.45, 7) is 2.08. The Kier molecular flexibility index (Phi) is 3.60. The molecule has 0 bridgehead atoms. The molecule has 1 atom stereocenters. The second-order valence-electron chi connectivity index (χ2n) is 4.81. The van der Waals surface area contributed by atoms with Crippen LogP contribution >= 0.6 is 23.2 Å². The molecule has 1 unspecified atom stereocenters. The summed E-state index contributed by atoms with van der Waals surface area (Å²) < 4.78 is 0. The van der Waals surface area contributed by atoms with Crippen molar-refractivity contribution in [2.24, 2.45) is 0 Å². The minimum absolute atomic E-state index is 0.108. The van der Waals surface area contributed by atoms with E-state index in [1.165, 1.54) is 5.39 Å². The minimum Gasteiger partial charge on any atom is -0.378 e. The van der Waals surface area contributed by atoms with Crippen molar-refractivity contribution in [3.05, 3.63) is 64.3 Å². The number of hydrogen-bond acceptors (Lipinski definition) is 1. The first-order valence-electron chi connectivity index (χ1n) is 6.42. The van der Waals surface area contributed by atoms with E-state index in [0.717, 1.165) is 16.8 Å². The maximum atomic E-state index is 6.24. The molecule has 1 heterocycles. The van der Waals surface area contributed by atoms with Gasteiger partial charge in [-0.05, 0) is 48.9 Å². The summed E-state index contributed by atoms with van der Waals surface area (Å²) in [5.74, 6) is 0. The summed E-state index contributed by atoms with van der Waals surface area (Å²) in [6, 6.07) is 14.0. The highest BCUT2D eigenvalue weighted by Gasteiger charge is 2.10. The second kappa shape index (κ2) is 5.39. The quantitative estimate of drug-likeness (QED) is 0.643. The molecule has 20 heavy (non-hydrogen) atoms. The fraction of sp³-hybridized carbons (Fsp3) is 0.125. The Labute approximate surface area is 127 Å². The molecule has 0 fully saturated rings. The summed E-state index contributed by atoms with van der Waals surface area (Å²) in [4.78, 5) is 3.18. The Balaban J connectivity index is 1.85. The van der Waals surface area contributed by atoms with Crippen molar-refractivity contribution in [3.63, 3.8) is 0 Å². The van der Waals surface area contributed by atoms with Crippen LogP contribution in [0.4, 0.5) is 5.69 Å². The zero-order chi connectivity index (χ0) is 14.1. The predicted octanol–water partition coefficient (Wildman–Crippen LogP) is 5.65. The second-order valence-corrected chi connectivity index (χ2v) is 5.66. The van der Waals surface area contributed by atoms with Crippen molar-refractivity contribution in [2.45, 2.75) is 13.0 Å². The standard InChI is InChI=1S/C16H14Cl2N2/c1-10(14-4-2-12(17)9-15(14)18)20-13-3-5-16-11(8-13)6-7-19-16/h2-10,19-20H,1H3. The van der Waals surface area contributed by atoms with E-state index < -0.39 is 0 Å². The molecule has 0 amide bonds. The van der Waals surface area contributed by atoms with Crippen molar-refractivity contribution in [2.75, 3.05) is 5.32 Å². The summed E-state index contributed by atoms with van der Waals surface area (Å²) >= 11 is 12.2. The van der Waals surface area contributed by atoms with Gasteiger partial charge in [-0.15, -0.1) is 0 Å². The fourth-order valence-corrected chi connectivity index (χ4v) is 2.90. The van der Waals surface area contributed by atoms with Gasteiger partial charge in [0.2, 0.25) is 0 Å². The zero-order valence-electron chi connectivity index (χ0n) is 11.0. The molecule has 2 N–H and O–H groups in total. The van der Waals surface area contributed by atoms with Crippen LogP contribution in [0.15, 0.2) is 48.7 Å². The molecule has 1 aromatic heterocycles. The number of fused-ring (bicyclic) bond motifs is 1. The first-order chi connectivity index (χ1) is 9.63. The number of nitrogens with one attached hydrogen (secondary N) is 2. The molecular weight excluding hydrogens is 291 g/mol. The summed E-state index contributed by atoms with van der Waals surface area (Å²) in [5.41, 5.74) is 3.23. The van der Waals surface area contributed by atoms with Crippen molar-refractivity contribution >= 4 is 39.8 Å². The maximum absolute atomic E-state index is 6.24. The largest absolute Gasteiger partial charge is 0.378 e. The third kappa shape index (κ3) is 2.62. The van der Waals surface area contributed by atoms with Gasteiger partial charge in [0.25, 0.3) is 0 Å². The summed E-state index contributed by atoms with van der Waals surface area (Å²) in [6.07, 6.45) is 1.94. The molecule has 0 aliphatic carbocycles. The maximum Gasteiger partial charge on any atom is 0.0500 e. The molecule has 3 rings (SSSR count). The van der Waals surface area contributed by atoms with Gasteiger partial charge in [0, 0.05) is 38.9 Å². The van der Waals surface area contributed by atoms with Crippen LogP contribution in [0.2, 0.25) is 10.0 Å². The van der Waals surface area contributed by atoms with Gasteiger partial charge in [0.1, 0.15) is 0 Å². The number of H-pyrrole nitrogens is 1. The monoisotopic (exact) mass is 304 g/mol. The number of rotatable bonds is 3. The number of hydrogen-bond donors (Lipinski definition) is 2. The average molecular weight is 305 g/mol. The van der Waals surface area contributed by atoms with E-state index in [4.69, 9.17) is 23.2 Å². The molecule has 2 aromatic carbocycles. The van der Waals surface area contributed by atoms with E-state index in [1.807, 2.05) is 18.3 Å². The number of halogens is 2. The lowest BCUT2D eigenvalue weighted by Crippen LogP contribution is -2.07. The third-order valence-corrected chi connectivity index (χ3v) is 3.93. The van der Waals surface area contributed by atoms with Gasteiger partial charge in [-0.3, -0.25) is 0 Å². The van der Waals surface area contributed by atoms with Gasteiger partial charge in [-0.2, -0.15) is 0 Å². The molecule has 3 aromatic rings. The highest BCUT2D eigenvalue weighted by Crippen LogP contribution is 2.29. The van der Waals surface area contributed by atoms with Gasteiger partial charge in [-0.25, -0.2) is 0 Å². The van der Waals surface area contributed by atoms with E-state index in [2.05, 4.69) is 41.5 Å². The molecular formula is C16H14Cl2N2. The highest BCUT2D eigenvalue weighted by atomic mass is 35.5. The smallest absolute Gasteiger partial charge is 0.0500 e. The van der Waals surface area contributed by atoms with Gasteiger partial charge >= 0.3 is 0 Å². The number of aromatic nitrogens is 1. The molecule has 0 aliphatic heterocycles. The van der Waals surface area contributed by atoms with Crippen LogP contribution in [0, 0.1) is 0 Å². The normalized spacial score (nSPS) is 12.6. The van der Waals surface area contributed by atoms with Crippen LogP contribution in [-0.4, -0.2) is 4.98 Å². The Hall–Kier alpha value is -1.64. The number of benzene rings is 2. The van der Waals surface area contributed by atoms with E-state index >= 15 is 0 Å². The Morgan fingerprint density at radius 1 is 1.05 bits per heavy atom. The van der Waals surface area contributed by atoms with Crippen molar-refractivity contribution in [1.82, 2.24) is 4.98 Å². The van der Waals surface area contributed by atoms with E-state index in [0.29, 0.717) is 10.0 Å². The lowest BCUT2D eigenvalue weighted by Gasteiger charge is -2.17. The number of anilines is 1. The lowest BCUT2D eigenvalue weighted by molar-refractivity contribution is 0.885. The van der Waals surface area contributed by atoms with Gasteiger partial charge < -0.3 is 10.3 Å². The SMILES string of the molecule is CC(Nc1ccc2[nH]ccc2c1)c1ccc(Cl)cc1Cl. The van der Waals surface area contributed by atoms with Crippen LogP contribution < -0.4 is 5.32 Å². The highest BCUT2D eigenvalue weighted by molar-refractivity contribution is 6.35. The molecule has 4 heteroatoms. The van der Waals surface area contributed by atoms with Crippen LogP contribution in [0.3, 0.4) is 0 Å². The number of aromatic amines is 1. The Morgan fingerprint density at radius 3 is 2.70 bits per heavy atom. The fourth-order valence-electron chi connectivity index (χ4n) is 2.32. The summed E-state index contributed by atoms with van der Waals surface area (Å²) in [5, 5.41) is 5.98. The Morgan fingerprint density at radius 2 is 1.90 bits per heavy atom. The first-order valence-corrected chi connectivity index (χ1v) is 7.18. The lowest BCUT2D eigenvalue weighted by atomic mass is 10.1. The van der Waals surface area contributed by atoms with Crippen molar-refractivity contribution in [3.8, 4) is 0 Å². The minimum atomic E-state index is 0.108. The molecule has 102 valence electrons. The van der Waals surface area contributed by atoms with Gasteiger partial charge in [0.15, 0.2) is 0 Å². The molecule has 0 radical (unpaired) electrons. The van der Waals surface area contributed by atoms with Crippen molar-refractivity contribution in [1.29, 1.82) is 0 Å². The topological polar surface area (TPSA) is 27.8 Å². The van der Waals surface area contributed by atoms with Crippen molar-refractivity contribution < 1.29 is 0 Å². The molecule has 0 aliphatic rings. The summed E-state index contributed by atoms with van der Waals surface area (Å²) in [7, 11) is 0. The van der Waals surface area contributed by atoms with Crippen LogP contribution in [-0.2, 0) is 0 Å². The third-order valence-electron chi connectivity index (χ3n) is 3.37. The Bertz CT molecular complexity index is 749. The molecule has 0 saturated carbocycles. The molecule has 0 saturated heterocycles. The first kappa shape index (κ1) is 13.3. The average Bonchev–Trinajstić information content (AvgIpc) is 2.85. The van der Waals surface area contributed by atoms with Crippen LogP contribution in [0.1, 0.15) is 18.5 Å². The van der Waals surface area contributed by atoms with Crippen LogP contribution in [0.5, 0.6) is 0 Å². The predicted molar refractivity (Wildman–Crippen MR) is 86.8 cm³/mol.